The SMILES string of the molecule is O=C(CCCN1C(=O)c2ccccc2C1=O)NCCC1CCCO1. The predicted molar refractivity (Wildman–Crippen MR) is 87.6 cm³/mol. The highest BCUT2D eigenvalue weighted by molar-refractivity contribution is 6.21. The van der Waals surface area contributed by atoms with Gasteiger partial charge in [0.25, 0.3) is 11.8 Å². The van der Waals surface area contributed by atoms with E-state index in [2.05, 4.69) is 5.32 Å². The second-order valence-corrected chi connectivity index (χ2v) is 6.18. The predicted octanol–water partition coefficient (Wildman–Crippen LogP) is 1.75. The smallest absolute Gasteiger partial charge is 0.261 e. The van der Waals surface area contributed by atoms with Crippen molar-refractivity contribution in [2.75, 3.05) is 19.7 Å². The molecule has 0 aliphatic carbocycles. The molecule has 1 unspecified atom stereocenters. The molecule has 128 valence electrons. The molecule has 0 saturated carbocycles. The molecule has 1 saturated heterocycles. The minimum absolute atomic E-state index is 0.0513. The third-order valence-electron chi connectivity index (χ3n) is 4.48. The van der Waals surface area contributed by atoms with Crippen LogP contribution in [-0.2, 0) is 9.53 Å². The summed E-state index contributed by atoms with van der Waals surface area (Å²) in [4.78, 5) is 37.4. The van der Waals surface area contributed by atoms with E-state index in [-0.39, 0.29) is 30.4 Å². The van der Waals surface area contributed by atoms with Gasteiger partial charge in [-0.3, -0.25) is 19.3 Å². The topological polar surface area (TPSA) is 75.7 Å². The van der Waals surface area contributed by atoms with Gasteiger partial charge in [-0.25, -0.2) is 0 Å². The van der Waals surface area contributed by atoms with Crippen molar-refractivity contribution in [2.24, 2.45) is 0 Å². The maximum atomic E-state index is 12.2. The zero-order valence-corrected chi connectivity index (χ0v) is 13.6. The van der Waals surface area contributed by atoms with Crippen molar-refractivity contribution < 1.29 is 19.1 Å². The van der Waals surface area contributed by atoms with E-state index in [9.17, 15) is 14.4 Å². The number of imide groups is 1. The highest BCUT2D eigenvalue weighted by Crippen LogP contribution is 2.22. The molecule has 6 nitrogen and oxygen atoms in total. The number of nitrogens with zero attached hydrogens (tertiary/aromatic N) is 1. The second kappa shape index (κ2) is 7.57. The van der Waals surface area contributed by atoms with E-state index in [1.54, 1.807) is 24.3 Å². The van der Waals surface area contributed by atoms with Crippen LogP contribution in [0.25, 0.3) is 0 Å². The van der Waals surface area contributed by atoms with Crippen LogP contribution in [0.3, 0.4) is 0 Å². The average molecular weight is 330 g/mol. The van der Waals surface area contributed by atoms with Gasteiger partial charge in [0, 0.05) is 26.1 Å². The van der Waals surface area contributed by atoms with Crippen molar-refractivity contribution in [1.82, 2.24) is 10.2 Å². The van der Waals surface area contributed by atoms with E-state index < -0.39 is 0 Å². The number of amides is 3. The average Bonchev–Trinajstić information content (AvgIpc) is 3.18. The highest BCUT2D eigenvalue weighted by Gasteiger charge is 2.34. The van der Waals surface area contributed by atoms with Crippen LogP contribution >= 0.6 is 0 Å². The van der Waals surface area contributed by atoms with E-state index in [1.807, 2.05) is 0 Å². The Hall–Kier alpha value is -2.21. The highest BCUT2D eigenvalue weighted by atomic mass is 16.5. The number of nitrogens with one attached hydrogen (secondary N) is 1. The van der Waals surface area contributed by atoms with Gasteiger partial charge >= 0.3 is 0 Å². The third-order valence-corrected chi connectivity index (χ3v) is 4.48. The van der Waals surface area contributed by atoms with Crippen LogP contribution < -0.4 is 5.32 Å². The molecule has 1 aromatic carbocycles. The molecule has 1 fully saturated rings. The van der Waals surface area contributed by atoms with Crippen molar-refractivity contribution in [3.8, 4) is 0 Å². The van der Waals surface area contributed by atoms with Crippen LogP contribution in [0.5, 0.6) is 0 Å². The summed E-state index contributed by atoms with van der Waals surface area (Å²) in [5.74, 6) is -0.589. The Kier molecular flexibility index (Phi) is 5.25. The number of ether oxygens (including phenoxy) is 1. The number of benzene rings is 1. The van der Waals surface area contributed by atoms with E-state index in [0.717, 1.165) is 25.9 Å². The van der Waals surface area contributed by atoms with E-state index >= 15 is 0 Å². The molecule has 3 rings (SSSR count). The van der Waals surface area contributed by atoms with Gasteiger partial charge in [-0.15, -0.1) is 0 Å². The molecule has 2 aliphatic heterocycles. The Morgan fingerprint density at radius 2 is 1.92 bits per heavy atom. The molecule has 2 heterocycles. The molecular weight excluding hydrogens is 308 g/mol. The molecule has 0 bridgehead atoms. The fourth-order valence-electron chi connectivity index (χ4n) is 3.17. The molecule has 3 amide bonds. The first-order valence-electron chi connectivity index (χ1n) is 8.50. The van der Waals surface area contributed by atoms with Gasteiger partial charge in [-0.1, -0.05) is 12.1 Å². The summed E-state index contributed by atoms with van der Waals surface area (Å²) in [6.07, 6.45) is 4.04. The summed E-state index contributed by atoms with van der Waals surface area (Å²) in [5.41, 5.74) is 0.895. The van der Waals surface area contributed by atoms with E-state index in [0.29, 0.717) is 30.5 Å². The number of carbonyl (C=O) groups excluding carboxylic acids is 3. The Labute approximate surface area is 141 Å². The number of fused-ring (bicyclic) bond motifs is 1. The van der Waals surface area contributed by atoms with Crippen LogP contribution in [0.2, 0.25) is 0 Å². The van der Waals surface area contributed by atoms with Gasteiger partial charge < -0.3 is 10.1 Å². The van der Waals surface area contributed by atoms with Gasteiger partial charge in [-0.2, -0.15) is 0 Å². The second-order valence-electron chi connectivity index (χ2n) is 6.18. The monoisotopic (exact) mass is 330 g/mol. The molecule has 1 N–H and O–H groups in total. The quantitative estimate of drug-likeness (QED) is 0.773. The molecule has 0 aromatic heterocycles. The lowest BCUT2D eigenvalue weighted by molar-refractivity contribution is -0.121. The zero-order chi connectivity index (χ0) is 16.9. The maximum absolute atomic E-state index is 12.2. The maximum Gasteiger partial charge on any atom is 0.261 e. The van der Waals surface area contributed by atoms with Crippen LogP contribution in [0.15, 0.2) is 24.3 Å². The molecule has 24 heavy (non-hydrogen) atoms. The van der Waals surface area contributed by atoms with Crippen molar-refractivity contribution in [2.45, 2.75) is 38.2 Å². The van der Waals surface area contributed by atoms with Crippen LogP contribution in [0, 0.1) is 0 Å². The first kappa shape index (κ1) is 16.6. The molecule has 0 radical (unpaired) electrons. The fourth-order valence-corrected chi connectivity index (χ4v) is 3.17. The van der Waals surface area contributed by atoms with Gasteiger partial charge in [0.2, 0.25) is 5.91 Å². The summed E-state index contributed by atoms with van der Waals surface area (Å²) in [7, 11) is 0. The largest absolute Gasteiger partial charge is 0.378 e. The Bertz CT molecular complexity index is 603. The summed E-state index contributed by atoms with van der Waals surface area (Å²) in [6.45, 7) is 1.70. The van der Waals surface area contributed by atoms with Crippen molar-refractivity contribution in [1.29, 1.82) is 0 Å². The molecule has 6 heteroatoms. The van der Waals surface area contributed by atoms with Crippen LogP contribution in [0.4, 0.5) is 0 Å². The lowest BCUT2D eigenvalue weighted by Gasteiger charge is -2.14. The van der Waals surface area contributed by atoms with Gasteiger partial charge in [0.15, 0.2) is 0 Å². The normalized spacial score (nSPS) is 19.7. The first-order valence-corrected chi connectivity index (χ1v) is 8.50. The van der Waals surface area contributed by atoms with Gasteiger partial charge in [-0.05, 0) is 37.8 Å². The number of carbonyl (C=O) groups is 3. The Balaban J connectivity index is 1.38. The number of hydrogen-bond donors (Lipinski definition) is 1. The zero-order valence-electron chi connectivity index (χ0n) is 13.6. The lowest BCUT2D eigenvalue weighted by atomic mass is 10.1. The Morgan fingerprint density at radius 3 is 2.54 bits per heavy atom. The van der Waals surface area contributed by atoms with Crippen LogP contribution in [0.1, 0.15) is 52.8 Å². The van der Waals surface area contributed by atoms with Crippen LogP contribution in [-0.4, -0.2) is 48.4 Å². The van der Waals surface area contributed by atoms with Gasteiger partial charge in [0.05, 0.1) is 17.2 Å². The van der Waals surface area contributed by atoms with E-state index in [4.69, 9.17) is 4.74 Å². The molecule has 0 spiro atoms. The first-order chi connectivity index (χ1) is 11.7. The Morgan fingerprint density at radius 1 is 1.21 bits per heavy atom. The van der Waals surface area contributed by atoms with Crippen molar-refractivity contribution >= 4 is 17.7 Å². The van der Waals surface area contributed by atoms with Crippen molar-refractivity contribution in [3.05, 3.63) is 35.4 Å². The summed E-state index contributed by atoms with van der Waals surface area (Å²) in [5, 5.41) is 2.87. The molecule has 2 aliphatic rings. The summed E-state index contributed by atoms with van der Waals surface area (Å²) in [6, 6.07) is 6.81. The summed E-state index contributed by atoms with van der Waals surface area (Å²) < 4.78 is 5.50. The molecule has 1 aromatic rings. The standard InChI is InChI=1S/C18H22N2O4/c21-16(19-10-9-13-5-4-12-24-13)8-3-11-20-17(22)14-6-1-2-7-15(14)18(20)23/h1-2,6-7,13H,3-5,8-12H2,(H,19,21). The minimum Gasteiger partial charge on any atom is -0.378 e. The lowest BCUT2D eigenvalue weighted by Crippen LogP contribution is -2.32. The molecule has 1 atom stereocenters. The minimum atomic E-state index is -0.269. The van der Waals surface area contributed by atoms with Crippen molar-refractivity contribution in [3.63, 3.8) is 0 Å². The number of hydrogen-bond acceptors (Lipinski definition) is 4. The van der Waals surface area contributed by atoms with E-state index in [1.165, 1.54) is 4.90 Å². The van der Waals surface area contributed by atoms with Gasteiger partial charge in [0.1, 0.15) is 0 Å². The summed E-state index contributed by atoms with van der Waals surface area (Å²) >= 11 is 0. The number of rotatable bonds is 7. The molecular formula is C18H22N2O4. The fraction of sp³-hybridized carbons (Fsp3) is 0.500. The third kappa shape index (κ3) is 3.64.